The zero-order valence-corrected chi connectivity index (χ0v) is 12.7. The highest BCUT2D eigenvalue weighted by atomic mass is 16.5. The monoisotopic (exact) mass is 277 g/mol. The second kappa shape index (κ2) is 8.15. The van der Waals surface area contributed by atoms with Gasteiger partial charge in [-0.25, -0.2) is 0 Å². The maximum atomic E-state index is 5.78. The van der Waals surface area contributed by atoms with Gasteiger partial charge in [0.2, 0.25) is 0 Å². The van der Waals surface area contributed by atoms with E-state index < -0.39 is 0 Å². The first-order valence-electron chi connectivity index (χ1n) is 7.82. The molecule has 1 saturated carbocycles. The van der Waals surface area contributed by atoms with E-state index in [0.717, 1.165) is 24.0 Å². The molecular formula is C17H27NO2. The third-order valence-electron chi connectivity index (χ3n) is 4.22. The van der Waals surface area contributed by atoms with Gasteiger partial charge in [-0.2, -0.15) is 0 Å². The van der Waals surface area contributed by atoms with E-state index >= 15 is 0 Å². The standard InChI is InChI=1S/C17H27NO2/c1-3-14-7-6-8-15(13-14)18-11-12-20-17-10-5-4-9-16(17)19-2/h4-5,9-10,14-15,18H,3,6-8,11-13H2,1-2H3. The maximum Gasteiger partial charge on any atom is 0.161 e. The summed E-state index contributed by atoms with van der Waals surface area (Å²) in [6.45, 7) is 3.89. The molecule has 0 amide bonds. The predicted octanol–water partition coefficient (Wildman–Crippen LogP) is 3.63. The van der Waals surface area contributed by atoms with Crippen LogP contribution in [0.15, 0.2) is 24.3 Å². The molecule has 112 valence electrons. The minimum Gasteiger partial charge on any atom is -0.493 e. The number of methoxy groups -OCH3 is 1. The Bertz CT molecular complexity index is 394. The van der Waals surface area contributed by atoms with Gasteiger partial charge in [0.25, 0.3) is 0 Å². The van der Waals surface area contributed by atoms with Gasteiger partial charge in [-0.15, -0.1) is 0 Å². The van der Waals surface area contributed by atoms with Gasteiger partial charge in [-0.1, -0.05) is 38.3 Å². The van der Waals surface area contributed by atoms with Crippen LogP contribution in [-0.2, 0) is 0 Å². The minimum atomic E-state index is 0.676. The molecule has 1 aromatic carbocycles. The Morgan fingerprint density at radius 2 is 2.00 bits per heavy atom. The summed E-state index contributed by atoms with van der Waals surface area (Å²) in [4.78, 5) is 0. The fourth-order valence-electron chi connectivity index (χ4n) is 3.01. The molecule has 1 aliphatic carbocycles. The number of ether oxygens (including phenoxy) is 2. The highest BCUT2D eigenvalue weighted by Crippen LogP contribution is 2.27. The van der Waals surface area contributed by atoms with Crippen LogP contribution < -0.4 is 14.8 Å². The highest BCUT2D eigenvalue weighted by molar-refractivity contribution is 5.39. The van der Waals surface area contributed by atoms with Gasteiger partial charge in [0.05, 0.1) is 7.11 Å². The average molecular weight is 277 g/mol. The van der Waals surface area contributed by atoms with Gasteiger partial charge in [-0.3, -0.25) is 0 Å². The van der Waals surface area contributed by atoms with Crippen LogP contribution in [0, 0.1) is 5.92 Å². The van der Waals surface area contributed by atoms with E-state index in [4.69, 9.17) is 9.47 Å². The Labute approximate surface area is 122 Å². The molecule has 0 radical (unpaired) electrons. The van der Waals surface area contributed by atoms with Crippen LogP contribution >= 0.6 is 0 Å². The van der Waals surface area contributed by atoms with Crippen molar-refractivity contribution in [3.63, 3.8) is 0 Å². The largest absolute Gasteiger partial charge is 0.493 e. The quantitative estimate of drug-likeness (QED) is 0.772. The van der Waals surface area contributed by atoms with E-state index in [9.17, 15) is 0 Å². The average Bonchev–Trinajstić information content (AvgIpc) is 2.52. The van der Waals surface area contributed by atoms with Crippen molar-refractivity contribution in [3.8, 4) is 11.5 Å². The van der Waals surface area contributed by atoms with Gasteiger partial charge < -0.3 is 14.8 Å². The van der Waals surface area contributed by atoms with E-state index in [1.165, 1.54) is 32.1 Å². The Balaban J connectivity index is 1.68. The van der Waals surface area contributed by atoms with Crippen LogP contribution in [0.25, 0.3) is 0 Å². The lowest BCUT2D eigenvalue weighted by Gasteiger charge is -2.29. The van der Waals surface area contributed by atoms with Crippen molar-refractivity contribution in [2.45, 2.75) is 45.1 Å². The Kier molecular flexibility index (Phi) is 6.19. The lowest BCUT2D eigenvalue weighted by atomic mass is 9.84. The molecule has 3 heteroatoms. The molecule has 20 heavy (non-hydrogen) atoms. The SMILES string of the molecule is CCC1CCCC(NCCOc2ccccc2OC)C1. The summed E-state index contributed by atoms with van der Waals surface area (Å²) in [5.74, 6) is 2.54. The smallest absolute Gasteiger partial charge is 0.161 e. The summed E-state index contributed by atoms with van der Waals surface area (Å²) in [5.41, 5.74) is 0. The zero-order valence-electron chi connectivity index (χ0n) is 12.7. The number of para-hydroxylation sites is 2. The van der Waals surface area contributed by atoms with Crippen molar-refractivity contribution in [2.75, 3.05) is 20.3 Å². The molecule has 1 N–H and O–H groups in total. The first-order chi connectivity index (χ1) is 9.83. The first-order valence-corrected chi connectivity index (χ1v) is 7.82. The molecule has 0 heterocycles. The van der Waals surface area contributed by atoms with Gasteiger partial charge in [-0.05, 0) is 30.9 Å². The van der Waals surface area contributed by atoms with Crippen LogP contribution in [-0.4, -0.2) is 26.3 Å². The predicted molar refractivity (Wildman–Crippen MR) is 82.5 cm³/mol. The molecule has 1 fully saturated rings. The molecule has 0 aliphatic heterocycles. The summed E-state index contributed by atoms with van der Waals surface area (Å²) >= 11 is 0. The second-order valence-corrected chi connectivity index (χ2v) is 5.59. The normalized spacial score (nSPS) is 22.5. The van der Waals surface area contributed by atoms with Crippen molar-refractivity contribution in [2.24, 2.45) is 5.92 Å². The molecule has 2 unspecified atom stereocenters. The topological polar surface area (TPSA) is 30.5 Å². The molecule has 2 rings (SSSR count). The van der Waals surface area contributed by atoms with Crippen molar-refractivity contribution >= 4 is 0 Å². The van der Waals surface area contributed by atoms with Gasteiger partial charge >= 0.3 is 0 Å². The molecule has 0 saturated heterocycles. The third kappa shape index (κ3) is 4.41. The molecule has 1 aliphatic rings. The maximum absolute atomic E-state index is 5.78. The molecule has 0 spiro atoms. The molecular weight excluding hydrogens is 250 g/mol. The van der Waals surface area contributed by atoms with E-state index in [1.54, 1.807) is 7.11 Å². The summed E-state index contributed by atoms with van der Waals surface area (Å²) < 4.78 is 11.1. The minimum absolute atomic E-state index is 0.676. The first kappa shape index (κ1) is 15.2. The van der Waals surface area contributed by atoms with E-state index in [0.29, 0.717) is 12.6 Å². The van der Waals surface area contributed by atoms with E-state index in [2.05, 4.69) is 12.2 Å². The fraction of sp³-hybridized carbons (Fsp3) is 0.647. The fourth-order valence-corrected chi connectivity index (χ4v) is 3.01. The van der Waals surface area contributed by atoms with Crippen molar-refractivity contribution in [1.29, 1.82) is 0 Å². The Morgan fingerprint density at radius 1 is 1.20 bits per heavy atom. The number of hydrogen-bond donors (Lipinski definition) is 1. The van der Waals surface area contributed by atoms with E-state index in [1.807, 2.05) is 24.3 Å². The van der Waals surface area contributed by atoms with Gasteiger partial charge in [0.15, 0.2) is 11.5 Å². The number of rotatable bonds is 7. The van der Waals surface area contributed by atoms with Gasteiger partial charge in [0.1, 0.15) is 6.61 Å². The summed E-state index contributed by atoms with van der Waals surface area (Å²) in [6.07, 6.45) is 6.72. The molecule has 3 nitrogen and oxygen atoms in total. The molecule has 0 bridgehead atoms. The van der Waals surface area contributed by atoms with Crippen molar-refractivity contribution in [3.05, 3.63) is 24.3 Å². The van der Waals surface area contributed by atoms with E-state index in [-0.39, 0.29) is 0 Å². The summed E-state index contributed by atoms with van der Waals surface area (Å²) in [6, 6.07) is 8.48. The second-order valence-electron chi connectivity index (χ2n) is 5.59. The number of hydrogen-bond acceptors (Lipinski definition) is 3. The van der Waals surface area contributed by atoms with Crippen LogP contribution in [0.5, 0.6) is 11.5 Å². The van der Waals surface area contributed by atoms with Crippen LogP contribution in [0.1, 0.15) is 39.0 Å². The summed E-state index contributed by atoms with van der Waals surface area (Å²) in [7, 11) is 1.67. The highest BCUT2D eigenvalue weighted by Gasteiger charge is 2.19. The Morgan fingerprint density at radius 3 is 2.75 bits per heavy atom. The zero-order chi connectivity index (χ0) is 14.2. The molecule has 1 aromatic rings. The van der Waals surface area contributed by atoms with Crippen molar-refractivity contribution < 1.29 is 9.47 Å². The molecule has 0 aromatic heterocycles. The van der Waals surface area contributed by atoms with Crippen LogP contribution in [0.3, 0.4) is 0 Å². The Hall–Kier alpha value is -1.22. The number of benzene rings is 1. The van der Waals surface area contributed by atoms with Crippen LogP contribution in [0.4, 0.5) is 0 Å². The third-order valence-corrected chi connectivity index (χ3v) is 4.22. The lowest BCUT2D eigenvalue weighted by molar-refractivity contribution is 0.250. The number of nitrogens with one attached hydrogen (secondary N) is 1. The van der Waals surface area contributed by atoms with Gasteiger partial charge in [0, 0.05) is 12.6 Å². The van der Waals surface area contributed by atoms with Crippen LogP contribution in [0.2, 0.25) is 0 Å². The lowest BCUT2D eigenvalue weighted by Crippen LogP contribution is -2.36. The molecule has 2 atom stereocenters. The summed E-state index contributed by atoms with van der Waals surface area (Å²) in [5, 5.41) is 3.63. The van der Waals surface area contributed by atoms with Crippen molar-refractivity contribution in [1.82, 2.24) is 5.32 Å².